The Morgan fingerprint density at radius 3 is 2.75 bits per heavy atom. The highest BCUT2D eigenvalue weighted by Crippen LogP contribution is 2.24. The van der Waals surface area contributed by atoms with Crippen LogP contribution in [-0.4, -0.2) is 31.3 Å². The number of rotatable bonds is 4. The van der Waals surface area contributed by atoms with Gasteiger partial charge in [0, 0.05) is 6.54 Å². The van der Waals surface area contributed by atoms with Crippen LogP contribution in [0.15, 0.2) is 0 Å². The number of ether oxygens (including phenoxy) is 1. The summed E-state index contributed by atoms with van der Waals surface area (Å²) in [7, 11) is 0. The van der Waals surface area contributed by atoms with Gasteiger partial charge in [-0.3, -0.25) is 0 Å². The van der Waals surface area contributed by atoms with E-state index in [9.17, 15) is 0 Å². The lowest BCUT2D eigenvalue weighted by Gasteiger charge is -2.30. The summed E-state index contributed by atoms with van der Waals surface area (Å²) in [6.45, 7) is 6.90. The van der Waals surface area contributed by atoms with Crippen LogP contribution in [0.25, 0.3) is 0 Å². The third kappa shape index (κ3) is 2.44. The van der Waals surface area contributed by atoms with Gasteiger partial charge in [-0.25, -0.2) is 0 Å². The van der Waals surface area contributed by atoms with Gasteiger partial charge in [-0.2, -0.15) is 0 Å². The molecule has 1 unspecified atom stereocenters. The van der Waals surface area contributed by atoms with Crippen LogP contribution in [0, 0.1) is 0 Å². The average Bonchev–Trinajstić information content (AvgIpc) is 2.36. The molecule has 1 aliphatic rings. The van der Waals surface area contributed by atoms with Crippen LogP contribution in [0.5, 0.6) is 0 Å². The first kappa shape index (κ1) is 9.96. The zero-order valence-electron chi connectivity index (χ0n) is 8.10. The topological polar surface area (TPSA) is 47.3 Å². The minimum atomic E-state index is 0.0307. The van der Waals surface area contributed by atoms with Gasteiger partial charge in [-0.05, 0) is 39.8 Å². The van der Waals surface area contributed by atoms with Gasteiger partial charge in [0.1, 0.15) is 0 Å². The molecule has 0 spiro atoms. The molecular weight excluding hydrogens is 152 g/mol. The molecular formula is C9H20N2O. The summed E-state index contributed by atoms with van der Waals surface area (Å²) >= 11 is 0. The molecule has 1 atom stereocenters. The zero-order chi connectivity index (χ0) is 9.03. The third-order valence-corrected chi connectivity index (χ3v) is 2.29. The fourth-order valence-electron chi connectivity index (χ4n) is 1.86. The van der Waals surface area contributed by atoms with E-state index >= 15 is 0 Å². The summed E-state index contributed by atoms with van der Waals surface area (Å²) in [5.41, 5.74) is 5.59. The summed E-state index contributed by atoms with van der Waals surface area (Å²) < 4.78 is 5.90. The van der Waals surface area contributed by atoms with Crippen LogP contribution in [0.1, 0.15) is 26.7 Å². The van der Waals surface area contributed by atoms with Crippen molar-refractivity contribution in [1.29, 1.82) is 0 Å². The predicted molar refractivity (Wildman–Crippen MR) is 50.1 cm³/mol. The zero-order valence-corrected chi connectivity index (χ0v) is 8.10. The summed E-state index contributed by atoms with van der Waals surface area (Å²) in [5.74, 6) is 0. The second-order valence-electron chi connectivity index (χ2n) is 3.82. The van der Waals surface area contributed by atoms with Gasteiger partial charge in [-0.1, -0.05) is 0 Å². The van der Waals surface area contributed by atoms with Crippen molar-refractivity contribution in [2.24, 2.45) is 5.73 Å². The summed E-state index contributed by atoms with van der Waals surface area (Å²) in [6, 6.07) is 0. The minimum Gasteiger partial charge on any atom is -0.371 e. The molecule has 1 heterocycles. The maximum absolute atomic E-state index is 5.90. The summed E-state index contributed by atoms with van der Waals surface area (Å²) in [5, 5.41) is 3.32. The summed E-state index contributed by atoms with van der Waals surface area (Å²) in [4.78, 5) is 0. The first-order valence-corrected chi connectivity index (χ1v) is 4.77. The second kappa shape index (κ2) is 4.21. The minimum absolute atomic E-state index is 0.0307. The molecule has 1 saturated heterocycles. The normalized spacial score (nSPS) is 30.0. The predicted octanol–water partition coefficient (Wildman–Crippen LogP) is 0.492. The van der Waals surface area contributed by atoms with Crippen molar-refractivity contribution < 1.29 is 4.74 Å². The molecule has 0 aromatic heterocycles. The lowest BCUT2D eigenvalue weighted by atomic mass is 9.98. The molecule has 1 aliphatic heterocycles. The molecule has 0 amide bonds. The van der Waals surface area contributed by atoms with Crippen LogP contribution in [0.3, 0.4) is 0 Å². The lowest BCUT2D eigenvalue weighted by Crippen LogP contribution is -2.39. The molecule has 0 aromatic rings. The van der Waals surface area contributed by atoms with E-state index in [0.717, 1.165) is 25.9 Å². The highest BCUT2D eigenvalue weighted by atomic mass is 16.5. The fourth-order valence-corrected chi connectivity index (χ4v) is 1.86. The number of hydrogen-bond donors (Lipinski definition) is 2. The number of nitrogens with one attached hydrogen (secondary N) is 1. The Kier molecular flexibility index (Phi) is 3.50. The van der Waals surface area contributed by atoms with E-state index in [2.05, 4.69) is 19.2 Å². The van der Waals surface area contributed by atoms with Crippen LogP contribution < -0.4 is 11.1 Å². The molecule has 0 radical (unpaired) electrons. The Morgan fingerprint density at radius 1 is 1.58 bits per heavy atom. The molecule has 0 aliphatic carbocycles. The van der Waals surface area contributed by atoms with Crippen molar-refractivity contribution in [3.05, 3.63) is 0 Å². The van der Waals surface area contributed by atoms with E-state index in [1.54, 1.807) is 0 Å². The average molecular weight is 172 g/mol. The van der Waals surface area contributed by atoms with Crippen molar-refractivity contribution in [1.82, 2.24) is 5.32 Å². The SMILES string of the molecule is CC(C)OC1(CCN)CCNC1. The van der Waals surface area contributed by atoms with Crippen molar-refractivity contribution in [3.8, 4) is 0 Å². The van der Waals surface area contributed by atoms with Crippen molar-refractivity contribution >= 4 is 0 Å². The quantitative estimate of drug-likeness (QED) is 0.649. The van der Waals surface area contributed by atoms with Crippen LogP contribution in [0.4, 0.5) is 0 Å². The molecule has 0 bridgehead atoms. The highest BCUT2D eigenvalue weighted by Gasteiger charge is 2.34. The Balaban J connectivity index is 2.46. The van der Waals surface area contributed by atoms with Gasteiger partial charge in [-0.15, -0.1) is 0 Å². The number of nitrogens with two attached hydrogens (primary N) is 1. The van der Waals surface area contributed by atoms with E-state index in [1.165, 1.54) is 0 Å². The highest BCUT2D eigenvalue weighted by molar-refractivity contribution is 4.90. The standard InChI is InChI=1S/C9H20N2O/c1-8(2)12-9(3-5-10)4-6-11-7-9/h8,11H,3-7,10H2,1-2H3. The van der Waals surface area contributed by atoms with Gasteiger partial charge in [0.25, 0.3) is 0 Å². The Labute approximate surface area is 74.7 Å². The monoisotopic (exact) mass is 172 g/mol. The molecule has 3 nitrogen and oxygen atoms in total. The molecule has 3 heteroatoms. The van der Waals surface area contributed by atoms with Gasteiger partial charge in [0.05, 0.1) is 11.7 Å². The van der Waals surface area contributed by atoms with E-state index in [1.807, 2.05) is 0 Å². The van der Waals surface area contributed by atoms with E-state index in [0.29, 0.717) is 12.6 Å². The largest absolute Gasteiger partial charge is 0.371 e. The van der Waals surface area contributed by atoms with Crippen LogP contribution >= 0.6 is 0 Å². The molecule has 72 valence electrons. The van der Waals surface area contributed by atoms with Crippen molar-refractivity contribution in [2.45, 2.75) is 38.4 Å². The Morgan fingerprint density at radius 2 is 2.33 bits per heavy atom. The smallest absolute Gasteiger partial charge is 0.0833 e. The first-order valence-electron chi connectivity index (χ1n) is 4.77. The van der Waals surface area contributed by atoms with Gasteiger partial charge in [0.2, 0.25) is 0 Å². The van der Waals surface area contributed by atoms with E-state index < -0.39 is 0 Å². The summed E-state index contributed by atoms with van der Waals surface area (Å²) in [6.07, 6.45) is 2.37. The maximum Gasteiger partial charge on any atom is 0.0833 e. The van der Waals surface area contributed by atoms with Gasteiger partial charge >= 0.3 is 0 Å². The Hall–Kier alpha value is -0.120. The van der Waals surface area contributed by atoms with Crippen molar-refractivity contribution in [3.63, 3.8) is 0 Å². The molecule has 0 saturated carbocycles. The second-order valence-corrected chi connectivity index (χ2v) is 3.82. The number of hydrogen-bond acceptors (Lipinski definition) is 3. The van der Waals surface area contributed by atoms with Crippen LogP contribution in [0.2, 0.25) is 0 Å². The van der Waals surface area contributed by atoms with E-state index in [-0.39, 0.29) is 5.60 Å². The maximum atomic E-state index is 5.90. The lowest BCUT2D eigenvalue weighted by molar-refractivity contribution is -0.0701. The van der Waals surface area contributed by atoms with E-state index in [4.69, 9.17) is 10.5 Å². The van der Waals surface area contributed by atoms with Gasteiger partial charge in [0.15, 0.2) is 0 Å². The van der Waals surface area contributed by atoms with Gasteiger partial charge < -0.3 is 15.8 Å². The third-order valence-electron chi connectivity index (χ3n) is 2.29. The molecule has 1 rings (SSSR count). The molecule has 1 fully saturated rings. The molecule has 0 aromatic carbocycles. The van der Waals surface area contributed by atoms with Crippen molar-refractivity contribution in [2.75, 3.05) is 19.6 Å². The Bertz CT molecular complexity index is 130. The fraction of sp³-hybridized carbons (Fsp3) is 1.00. The van der Waals surface area contributed by atoms with Crippen LogP contribution in [-0.2, 0) is 4.74 Å². The first-order chi connectivity index (χ1) is 5.68. The molecule has 3 N–H and O–H groups in total. The molecule has 12 heavy (non-hydrogen) atoms.